The number of hydrogen-bond acceptors (Lipinski definition) is 6. The highest BCUT2D eigenvalue weighted by atomic mass is 35.5. The molecule has 4 N–H and O–H groups in total. The first kappa shape index (κ1) is 26.6. The minimum absolute atomic E-state index is 0.0223. The van der Waals surface area contributed by atoms with Crippen LogP contribution in [-0.2, 0) is 11.3 Å². The fourth-order valence-corrected chi connectivity index (χ4v) is 4.08. The van der Waals surface area contributed by atoms with Crippen molar-refractivity contribution in [1.29, 1.82) is 0 Å². The van der Waals surface area contributed by atoms with Gasteiger partial charge in [-0.3, -0.25) is 9.69 Å². The molecule has 3 rings (SSSR count). The third-order valence-corrected chi connectivity index (χ3v) is 6.42. The van der Waals surface area contributed by atoms with Gasteiger partial charge in [-0.2, -0.15) is 0 Å². The SMILES string of the molecule is CCC(=O)Nc1cc(Cl)c(O)cc1OC[C@](C)(O)CNC1CCN(Cc2ccc(Cl)cc2)CC1. The van der Waals surface area contributed by atoms with Crippen LogP contribution in [-0.4, -0.2) is 58.9 Å². The molecule has 0 aromatic heterocycles. The summed E-state index contributed by atoms with van der Waals surface area (Å²) in [6.07, 6.45) is 2.27. The molecule has 1 aliphatic rings. The average Bonchev–Trinajstić information content (AvgIpc) is 2.81. The van der Waals surface area contributed by atoms with Crippen LogP contribution in [0.1, 0.15) is 38.7 Å². The second kappa shape index (κ2) is 12.1. The molecule has 1 amide bonds. The summed E-state index contributed by atoms with van der Waals surface area (Å²) >= 11 is 11.9. The molecular weight excluding hydrogens is 477 g/mol. The molecule has 9 heteroatoms. The van der Waals surface area contributed by atoms with Crippen molar-refractivity contribution in [2.24, 2.45) is 0 Å². The molecule has 1 aliphatic heterocycles. The van der Waals surface area contributed by atoms with E-state index in [1.165, 1.54) is 17.7 Å². The van der Waals surface area contributed by atoms with Crippen molar-refractivity contribution in [3.05, 3.63) is 52.0 Å². The minimum atomic E-state index is -1.15. The zero-order valence-electron chi connectivity index (χ0n) is 19.6. The molecule has 2 aromatic rings. The molecule has 0 unspecified atom stereocenters. The number of aliphatic hydroxyl groups is 1. The van der Waals surface area contributed by atoms with Gasteiger partial charge in [-0.25, -0.2) is 0 Å². The lowest BCUT2D eigenvalue weighted by molar-refractivity contribution is -0.115. The molecule has 1 heterocycles. The molecule has 7 nitrogen and oxygen atoms in total. The normalized spacial score (nSPS) is 16.7. The first-order valence-corrected chi connectivity index (χ1v) is 12.3. The maximum Gasteiger partial charge on any atom is 0.224 e. The summed E-state index contributed by atoms with van der Waals surface area (Å²) in [7, 11) is 0. The number of halogens is 2. The Morgan fingerprint density at radius 2 is 1.88 bits per heavy atom. The van der Waals surface area contributed by atoms with E-state index in [1.54, 1.807) is 13.8 Å². The molecule has 0 radical (unpaired) electrons. The molecule has 0 spiro atoms. The molecule has 0 bridgehead atoms. The maximum absolute atomic E-state index is 11.8. The van der Waals surface area contributed by atoms with Gasteiger partial charge in [0.15, 0.2) is 0 Å². The van der Waals surface area contributed by atoms with Gasteiger partial charge in [-0.1, -0.05) is 42.3 Å². The number of likely N-dealkylation sites (tertiary alicyclic amines) is 1. The Kier molecular flexibility index (Phi) is 9.45. The lowest BCUT2D eigenvalue weighted by Crippen LogP contribution is -2.49. The minimum Gasteiger partial charge on any atom is -0.506 e. The van der Waals surface area contributed by atoms with E-state index >= 15 is 0 Å². The molecule has 1 saturated heterocycles. The average molecular weight is 510 g/mol. The van der Waals surface area contributed by atoms with Crippen molar-refractivity contribution in [3.8, 4) is 11.5 Å². The van der Waals surface area contributed by atoms with Crippen LogP contribution < -0.4 is 15.4 Å². The third kappa shape index (κ3) is 8.03. The highest BCUT2D eigenvalue weighted by molar-refractivity contribution is 6.32. The Balaban J connectivity index is 1.46. The van der Waals surface area contributed by atoms with E-state index in [9.17, 15) is 15.0 Å². The van der Waals surface area contributed by atoms with Gasteiger partial charge >= 0.3 is 0 Å². The fourth-order valence-electron chi connectivity index (χ4n) is 3.79. The number of rotatable bonds is 10. The summed E-state index contributed by atoms with van der Waals surface area (Å²) < 4.78 is 5.77. The van der Waals surface area contributed by atoms with Gasteiger partial charge in [0.1, 0.15) is 23.7 Å². The van der Waals surface area contributed by atoms with E-state index in [-0.39, 0.29) is 35.5 Å². The second-order valence-electron chi connectivity index (χ2n) is 9.04. The molecule has 0 aliphatic carbocycles. The van der Waals surface area contributed by atoms with Crippen molar-refractivity contribution in [3.63, 3.8) is 0 Å². The maximum atomic E-state index is 11.8. The van der Waals surface area contributed by atoms with Crippen LogP contribution in [0.4, 0.5) is 5.69 Å². The monoisotopic (exact) mass is 509 g/mol. The van der Waals surface area contributed by atoms with Gasteiger partial charge < -0.3 is 25.6 Å². The molecular formula is C25H33Cl2N3O4. The van der Waals surface area contributed by atoms with Crippen molar-refractivity contribution < 1.29 is 19.7 Å². The van der Waals surface area contributed by atoms with Crippen molar-refractivity contribution >= 4 is 34.8 Å². The number of piperidine rings is 1. The summed E-state index contributed by atoms with van der Waals surface area (Å²) in [6.45, 7) is 6.61. The van der Waals surface area contributed by atoms with Crippen LogP contribution in [0, 0.1) is 0 Å². The number of benzene rings is 2. The summed E-state index contributed by atoms with van der Waals surface area (Å²) in [5.74, 6) is -0.115. The number of amides is 1. The highest BCUT2D eigenvalue weighted by Crippen LogP contribution is 2.36. The Morgan fingerprint density at radius 1 is 1.21 bits per heavy atom. The predicted molar refractivity (Wildman–Crippen MR) is 136 cm³/mol. The van der Waals surface area contributed by atoms with Crippen LogP contribution in [0.2, 0.25) is 10.0 Å². The van der Waals surface area contributed by atoms with E-state index in [2.05, 4.69) is 27.7 Å². The topological polar surface area (TPSA) is 94.1 Å². The van der Waals surface area contributed by atoms with Gasteiger partial charge in [0.2, 0.25) is 5.91 Å². The van der Waals surface area contributed by atoms with Crippen LogP contribution in [0.15, 0.2) is 36.4 Å². The van der Waals surface area contributed by atoms with E-state index in [0.717, 1.165) is 37.5 Å². The van der Waals surface area contributed by atoms with Crippen LogP contribution in [0.3, 0.4) is 0 Å². The molecule has 34 heavy (non-hydrogen) atoms. The number of carbonyl (C=O) groups excluding carboxylic acids is 1. The zero-order chi connectivity index (χ0) is 24.7. The first-order valence-electron chi connectivity index (χ1n) is 11.5. The fraction of sp³-hybridized carbons (Fsp3) is 0.480. The number of phenolic OH excluding ortho intramolecular Hbond substituents is 1. The molecule has 186 valence electrons. The van der Waals surface area contributed by atoms with E-state index < -0.39 is 5.60 Å². The number of ether oxygens (including phenoxy) is 1. The van der Waals surface area contributed by atoms with Gasteiger partial charge in [0, 0.05) is 36.6 Å². The van der Waals surface area contributed by atoms with E-state index in [1.807, 2.05) is 12.1 Å². The third-order valence-electron chi connectivity index (χ3n) is 5.86. The van der Waals surface area contributed by atoms with Gasteiger partial charge in [-0.15, -0.1) is 0 Å². The molecule has 2 aromatic carbocycles. The first-order chi connectivity index (χ1) is 16.1. The van der Waals surface area contributed by atoms with Gasteiger partial charge in [0.05, 0.1) is 10.7 Å². The molecule has 1 atom stereocenters. The number of carbonyl (C=O) groups is 1. The summed E-state index contributed by atoms with van der Waals surface area (Å²) in [5.41, 5.74) is 0.451. The Bertz CT molecular complexity index is 961. The molecule has 0 saturated carbocycles. The predicted octanol–water partition coefficient (Wildman–Crippen LogP) is 4.43. The second-order valence-corrected chi connectivity index (χ2v) is 9.89. The van der Waals surface area contributed by atoms with Crippen molar-refractivity contribution in [1.82, 2.24) is 10.2 Å². The van der Waals surface area contributed by atoms with Crippen LogP contribution in [0.25, 0.3) is 0 Å². The smallest absolute Gasteiger partial charge is 0.224 e. The summed E-state index contributed by atoms with van der Waals surface area (Å²) in [5, 5.41) is 27.8. The van der Waals surface area contributed by atoms with E-state index in [4.69, 9.17) is 27.9 Å². The number of anilines is 1. The largest absolute Gasteiger partial charge is 0.506 e. The lowest BCUT2D eigenvalue weighted by Gasteiger charge is -2.34. The summed E-state index contributed by atoms with van der Waals surface area (Å²) in [4.78, 5) is 14.2. The Hall–Kier alpha value is -2.03. The number of nitrogens with zero attached hydrogens (tertiary/aromatic N) is 1. The lowest BCUT2D eigenvalue weighted by atomic mass is 10.0. The van der Waals surface area contributed by atoms with Gasteiger partial charge in [-0.05, 0) is 56.6 Å². The number of aromatic hydroxyl groups is 1. The van der Waals surface area contributed by atoms with Crippen molar-refractivity contribution in [2.75, 3.05) is 31.6 Å². The summed E-state index contributed by atoms with van der Waals surface area (Å²) in [6, 6.07) is 11.0. The van der Waals surface area contributed by atoms with Gasteiger partial charge in [0.25, 0.3) is 0 Å². The Morgan fingerprint density at radius 3 is 2.53 bits per heavy atom. The standard InChI is InChI=1S/C25H33Cl2N3O4/c1-3-24(32)29-21-12-20(27)22(31)13-23(21)34-16-25(2,33)15-28-19-8-10-30(11-9-19)14-17-4-6-18(26)7-5-17/h4-7,12-13,19,28,31,33H,3,8-11,14-16H2,1-2H3,(H,29,32)/t25-/m1/s1. The van der Waals surface area contributed by atoms with Crippen LogP contribution in [0.5, 0.6) is 11.5 Å². The number of nitrogens with one attached hydrogen (secondary N) is 2. The zero-order valence-corrected chi connectivity index (χ0v) is 21.1. The Labute approximate surface area is 211 Å². The quantitative estimate of drug-likeness (QED) is 0.354. The van der Waals surface area contributed by atoms with E-state index in [0.29, 0.717) is 18.3 Å². The highest BCUT2D eigenvalue weighted by Gasteiger charge is 2.26. The van der Waals surface area contributed by atoms with Crippen LogP contribution >= 0.6 is 23.2 Å². The molecule has 1 fully saturated rings. The number of hydrogen-bond donors (Lipinski definition) is 4. The van der Waals surface area contributed by atoms with Crippen molar-refractivity contribution in [2.45, 2.75) is 51.3 Å². The number of phenols is 1.